The Morgan fingerprint density at radius 2 is 1.76 bits per heavy atom. The number of ether oxygens (including phenoxy) is 4. The molecule has 41 heavy (non-hydrogen) atoms. The van der Waals surface area contributed by atoms with E-state index in [-0.39, 0.29) is 23.2 Å². The molecule has 2 unspecified atom stereocenters. The minimum Gasteiger partial charge on any atom is -0.493 e. The summed E-state index contributed by atoms with van der Waals surface area (Å²) in [5.74, 6) is 1.45. The van der Waals surface area contributed by atoms with Gasteiger partial charge in [-0.3, -0.25) is 14.4 Å². The van der Waals surface area contributed by atoms with Crippen molar-refractivity contribution in [2.75, 3.05) is 52.9 Å². The number of fused-ring (bicyclic) bond motifs is 3. The van der Waals surface area contributed by atoms with Gasteiger partial charge in [0.25, 0.3) is 0 Å². The van der Waals surface area contributed by atoms with Crippen molar-refractivity contribution in [2.24, 2.45) is 5.92 Å². The summed E-state index contributed by atoms with van der Waals surface area (Å²) in [5.41, 5.74) is 3.17. The summed E-state index contributed by atoms with van der Waals surface area (Å²) < 4.78 is 22.5. The van der Waals surface area contributed by atoms with Gasteiger partial charge >= 0.3 is 0 Å². The van der Waals surface area contributed by atoms with E-state index in [1.807, 2.05) is 12.1 Å². The summed E-state index contributed by atoms with van der Waals surface area (Å²) in [7, 11) is 4.69. The van der Waals surface area contributed by atoms with Crippen LogP contribution < -0.4 is 30.3 Å². The fourth-order valence-corrected chi connectivity index (χ4v) is 5.71. The number of hydrogen-bond acceptors (Lipinski definition) is 8. The van der Waals surface area contributed by atoms with E-state index in [2.05, 4.69) is 24.5 Å². The van der Waals surface area contributed by atoms with Crippen LogP contribution in [0.2, 0.25) is 0 Å². The second kappa shape index (κ2) is 13.2. The smallest absolute Gasteiger partial charge is 0.245 e. The third-order valence-corrected chi connectivity index (χ3v) is 7.57. The molecular weight excluding hydrogens is 526 g/mol. The maximum atomic E-state index is 13.7. The normalized spacial score (nSPS) is 17.0. The van der Waals surface area contributed by atoms with E-state index >= 15 is 0 Å². The van der Waals surface area contributed by atoms with E-state index in [4.69, 9.17) is 18.9 Å². The first-order valence-corrected chi connectivity index (χ1v) is 14.1. The Kier molecular flexibility index (Phi) is 9.75. The van der Waals surface area contributed by atoms with Crippen LogP contribution in [-0.2, 0) is 20.7 Å². The van der Waals surface area contributed by atoms with Gasteiger partial charge < -0.3 is 34.5 Å². The zero-order chi connectivity index (χ0) is 29.7. The first-order valence-electron chi connectivity index (χ1n) is 14.1. The molecule has 2 atom stereocenters. The van der Waals surface area contributed by atoms with Crippen molar-refractivity contribution in [2.45, 2.75) is 52.1 Å². The molecule has 4 rings (SSSR count). The van der Waals surface area contributed by atoms with E-state index in [1.54, 1.807) is 38.4 Å². The lowest BCUT2D eigenvalue weighted by Crippen LogP contribution is -2.48. The maximum Gasteiger partial charge on any atom is 0.245 e. The molecule has 222 valence electrons. The molecule has 2 aromatic carbocycles. The fraction of sp³-hybridized carbons (Fsp3) is 0.516. The SMILES string of the molecule is COc1cc2c(c(OC)c1OC)-c1ccc(NC(CC(C)C)C(=O)N3CCOCC3)c(=O)cc1C(NC(C)=O)CC2. The van der Waals surface area contributed by atoms with Crippen LogP contribution in [0.3, 0.4) is 0 Å². The van der Waals surface area contributed by atoms with Gasteiger partial charge in [-0.1, -0.05) is 19.9 Å². The van der Waals surface area contributed by atoms with Gasteiger partial charge in [0.05, 0.1) is 46.3 Å². The number of methoxy groups -OCH3 is 3. The molecule has 0 bridgehead atoms. The van der Waals surface area contributed by atoms with E-state index < -0.39 is 12.1 Å². The summed E-state index contributed by atoms with van der Waals surface area (Å²) in [4.78, 5) is 41.3. The quantitative estimate of drug-likeness (QED) is 0.473. The van der Waals surface area contributed by atoms with Crippen molar-refractivity contribution >= 4 is 17.5 Å². The van der Waals surface area contributed by atoms with Gasteiger partial charge in [0.2, 0.25) is 23.0 Å². The lowest BCUT2D eigenvalue weighted by Gasteiger charge is -2.31. The van der Waals surface area contributed by atoms with Gasteiger partial charge in [0.1, 0.15) is 6.04 Å². The number of morpholine rings is 1. The number of aryl methyl sites for hydroxylation is 1. The van der Waals surface area contributed by atoms with Crippen LogP contribution in [0, 0.1) is 5.92 Å². The van der Waals surface area contributed by atoms with Crippen LogP contribution >= 0.6 is 0 Å². The van der Waals surface area contributed by atoms with Gasteiger partial charge in [-0.15, -0.1) is 0 Å². The molecule has 0 radical (unpaired) electrons. The minimum atomic E-state index is -0.569. The topological polar surface area (TPSA) is 115 Å². The average molecular weight is 568 g/mol. The highest BCUT2D eigenvalue weighted by molar-refractivity contribution is 5.86. The van der Waals surface area contributed by atoms with Crippen LogP contribution in [0.5, 0.6) is 17.2 Å². The predicted molar refractivity (Wildman–Crippen MR) is 157 cm³/mol. The summed E-state index contributed by atoms with van der Waals surface area (Å²) in [5, 5.41) is 6.30. The van der Waals surface area contributed by atoms with E-state index in [0.717, 1.165) is 16.7 Å². The number of rotatable bonds is 9. The van der Waals surface area contributed by atoms with Crippen molar-refractivity contribution < 1.29 is 28.5 Å². The molecule has 0 aromatic heterocycles. The van der Waals surface area contributed by atoms with E-state index in [1.165, 1.54) is 6.92 Å². The summed E-state index contributed by atoms with van der Waals surface area (Å²) >= 11 is 0. The third kappa shape index (κ3) is 6.59. The molecule has 1 fully saturated rings. The van der Waals surface area contributed by atoms with Crippen LogP contribution in [0.25, 0.3) is 11.1 Å². The molecule has 10 nitrogen and oxygen atoms in total. The summed E-state index contributed by atoms with van der Waals surface area (Å²) in [6.07, 6.45) is 1.74. The van der Waals surface area contributed by atoms with Gasteiger partial charge in [0, 0.05) is 25.6 Å². The van der Waals surface area contributed by atoms with Crippen molar-refractivity contribution in [1.82, 2.24) is 10.2 Å². The first-order chi connectivity index (χ1) is 19.7. The van der Waals surface area contributed by atoms with Gasteiger partial charge in [-0.05, 0) is 60.1 Å². The van der Waals surface area contributed by atoms with E-state index in [9.17, 15) is 14.4 Å². The molecule has 2 amide bonds. The molecular formula is C31H41N3O7. The number of carbonyl (C=O) groups is 2. The Morgan fingerprint density at radius 3 is 2.37 bits per heavy atom. The standard InChI is InChI=1S/C31H41N3O7/c1-18(2)15-25(31(37)34-11-13-41-14-12-34)33-24-10-8-21-22(17-26(24)36)23(32-19(3)35)9-7-20-16-27(38-4)29(39-5)30(40-6)28(20)21/h8,10,16-18,23,25H,7,9,11-15H2,1-6H3,(H,32,35)(H,33,36). The summed E-state index contributed by atoms with van der Waals surface area (Å²) in [6.45, 7) is 7.62. The number of nitrogens with zero attached hydrogens (tertiary/aromatic N) is 1. The zero-order valence-electron chi connectivity index (χ0n) is 24.8. The van der Waals surface area contributed by atoms with Crippen LogP contribution in [0.4, 0.5) is 5.69 Å². The zero-order valence-corrected chi connectivity index (χ0v) is 24.8. The highest BCUT2D eigenvalue weighted by atomic mass is 16.5. The molecule has 1 saturated heterocycles. The second-order valence-corrected chi connectivity index (χ2v) is 10.9. The Labute approximate surface area is 241 Å². The van der Waals surface area contributed by atoms with Crippen molar-refractivity contribution in [3.8, 4) is 28.4 Å². The highest BCUT2D eigenvalue weighted by Crippen LogP contribution is 2.50. The molecule has 2 aromatic rings. The lowest BCUT2D eigenvalue weighted by molar-refractivity contribution is -0.136. The second-order valence-electron chi connectivity index (χ2n) is 10.9. The van der Waals surface area contributed by atoms with Gasteiger partial charge in [-0.2, -0.15) is 0 Å². The summed E-state index contributed by atoms with van der Waals surface area (Å²) in [6, 6.07) is 6.08. The largest absolute Gasteiger partial charge is 0.493 e. The monoisotopic (exact) mass is 567 g/mol. The Bertz CT molecular complexity index is 1340. The maximum absolute atomic E-state index is 13.7. The molecule has 1 aliphatic heterocycles. The molecule has 2 N–H and O–H groups in total. The highest BCUT2D eigenvalue weighted by Gasteiger charge is 2.31. The fourth-order valence-electron chi connectivity index (χ4n) is 5.71. The first kappa shape index (κ1) is 30.2. The van der Waals surface area contributed by atoms with Crippen molar-refractivity contribution in [3.63, 3.8) is 0 Å². The lowest BCUT2D eigenvalue weighted by atomic mass is 9.95. The molecule has 0 saturated carbocycles. The number of carbonyl (C=O) groups excluding carboxylic acids is 2. The number of nitrogens with one attached hydrogen (secondary N) is 2. The van der Waals surface area contributed by atoms with Crippen molar-refractivity contribution in [3.05, 3.63) is 45.6 Å². The third-order valence-electron chi connectivity index (χ3n) is 7.57. The van der Waals surface area contributed by atoms with Gasteiger partial charge in [-0.25, -0.2) is 0 Å². The van der Waals surface area contributed by atoms with Crippen molar-refractivity contribution in [1.29, 1.82) is 0 Å². The van der Waals surface area contributed by atoms with Crippen LogP contribution in [0.15, 0.2) is 29.1 Å². The molecule has 0 spiro atoms. The van der Waals surface area contributed by atoms with Crippen LogP contribution in [-0.4, -0.2) is 70.4 Å². The van der Waals surface area contributed by atoms with E-state index in [0.29, 0.717) is 74.1 Å². The average Bonchev–Trinajstić information content (AvgIpc) is 3.20. The number of amides is 2. The van der Waals surface area contributed by atoms with Crippen LogP contribution in [0.1, 0.15) is 50.8 Å². The Morgan fingerprint density at radius 1 is 1.05 bits per heavy atom. The number of benzene rings is 1. The molecule has 1 aliphatic carbocycles. The molecule has 1 heterocycles. The molecule has 10 heteroatoms. The number of hydrogen-bond donors (Lipinski definition) is 2. The predicted octanol–water partition coefficient (Wildman–Crippen LogP) is 3.55. The minimum absolute atomic E-state index is 0.0468. The Balaban J connectivity index is 1.87. The number of anilines is 1. The van der Waals surface area contributed by atoms with Gasteiger partial charge in [0.15, 0.2) is 11.5 Å². The Hall–Kier alpha value is -3.79. The molecule has 2 aliphatic rings.